The molecule has 3 fully saturated rings. The fourth-order valence-corrected chi connectivity index (χ4v) is 4.92. The van der Waals surface area contributed by atoms with Crippen LogP contribution in [-0.2, 0) is 21.4 Å². The Labute approximate surface area is 175 Å². The number of benzene rings is 1. The molecule has 4 heterocycles. The number of rotatable bonds is 3. The SMILES string of the molecule is Cn1nc(C2CCC(=O)NC2=O)c2ccc(C3CCN(C(=O)C4CNC4)CC3)cc21. The van der Waals surface area contributed by atoms with Crippen molar-refractivity contribution in [2.24, 2.45) is 13.0 Å². The summed E-state index contributed by atoms with van der Waals surface area (Å²) < 4.78 is 1.83. The van der Waals surface area contributed by atoms with Crippen LogP contribution in [-0.4, -0.2) is 58.6 Å². The number of imide groups is 1. The highest BCUT2D eigenvalue weighted by Crippen LogP contribution is 2.34. The standard InChI is InChI=1S/C22H27N5O3/c1-26-18-10-14(13-6-8-27(9-7-13)22(30)15-11-23-12-15)2-3-16(18)20(25-26)17-4-5-19(28)24-21(17)29/h2-3,10,13,15,17,23H,4-9,11-12H2,1H3,(H,24,28,29). The predicted octanol–water partition coefficient (Wildman–Crippen LogP) is 1.02. The molecule has 2 N–H and O–H groups in total. The third-order valence-electron chi connectivity index (χ3n) is 6.88. The van der Waals surface area contributed by atoms with Crippen molar-refractivity contribution in [2.75, 3.05) is 26.2 Å². The van der Waals surface area contributed by atoms with E-state index in [2.05, 4.69) is 33.9 Å². The van der Waals surface area contributed by atoms with E-state index >= 15 is 0 Å². The fourth-order valence-electron chi connectivity index (χ4n) is 4.92. The summed E-state index contributed by atoms with van der Waals surface area (Å²) in [5.41, 5.74) is 3.02. The highest BCUT2D eigenvalue weighted by Gasteiger charge is 2.33. The molecule has 0 aliphatic carbocycles. The van der Waals surface area contributed by atoms with Gasteiger partial charge in [0.1, 0.15) is 0 Å². The lowest BCUT2D eigenvalue weighted by Crippen LogP contribution is -2.53. The summed E-state index contributed by atoms with van der Waals surface area (Å²) in [6.07, 6.45) is 2.78. The van der Waals surface area contributed by atoms with Gasteiger partial charge in [-0.05, 0) is 36.8 Å². The molecule has 3 saturated heterocycles. The van der Waals surface area contributed by atoms with E-state index in [0.717, 1.165) is 55.6 Å². The first-order valence-corrected chi connectivity index (χ1v) is 10.8. The molecule has 1 atom stereocenters. The number of hydrogen-bond donors (Lipinski definition) is 2. The zero-order chi connectivity index (χ0) is 20.8. The van der Waals surface area contributed by atoms with Crippen molar-refractivity contribution in [2.45, 2.75) is 37.5 Å². The zero-order valence-corrected chi connectivity index (χ0v) is 17.2. The normalized spacial score (nSPS) is 23.5. The molecule has 30 heavy (non-hydrogen) atoms. The van der Waals surface area contributed by atoms with Crippen LogP contribution in [0.1, 0.15) is 48.8 Å². The number of likely N-dealkylation sites (tertiary alicyclic amines) is 1. The number of carbonyl (C=O) groups is 3. The molecular weight excluding hydrogens is 382 g/mol. The second-order valence-electron chi connectivity index (χ2n) is 8.74. The van der Waals surface area contributed by atoms with Crippen LogP contribution in [0.3, 0.4) is 0 Å². The maximum atomic E-state index is 12.5. The van der Waals surface area contributed by atoms with Crippen LogP contribution < -0.4 is 10.6 Å². The van der Waals surface area contributed by atoms with Crippen molar-refractivity contribution in [1.82, 2.24) is 25.3 Å². The minimum atomic E-state index is -0.382. The van der Waals surface area contributed by atoms with Gasteiger partial charge in [-0.25, -0.2) is 0 Å². The first kappa shape index (κ1) is 19.2. The van der Waals surface area contributed by atoms with Crippen molar-refractivity contribution < 1.29 is 14.4 Å². The molecule has 3 aliphatic heterocycles. The average Bonchev–Trinajstić information content (AvgIpc) is 3.02. The lowest BCUT2D eigenvalue weighted by molar-refractivity contribution is -0.138. The molecule has 0 bridgehead atoms. The fraction of sp³-hybridized carbons (Fsp3) is 0.545. The van der Waals surface area contributed by atoms with E-state index in [0.29, 0.717) is 24.7 Å². The Bertz CT molecular complexity index is 1020. The van der Waals surface area contributed by atoms with E-state index in [1.165, 1.54) is 5.56 Å². The summed E-state index contributed by atoms with van der Waals surface area (Å²) in [5, 5.41) is 11.2. The predicted molar refractivity (Wildman–Crippen MR) is 111 cm³/mol. The Morgan fingerprint density at radius 3 is 2.57 bits per heavy atom. The van der Waals surface area contributed by atoms with Gasteiger partial charge in [-0.1, -0.05) is 12.1 Å². The Balaban J connectivity index is 1.33. The lowest BCUT2D eigenvalue weighted by atomic mass is 9.87. The molecule has 8 heteroatoms. The third kappa shape index (κ3) is 3.29. The highest BCUT2D eigenvalue weighted by molar-refractivity contribution is 6.02. The second kappa shape index (κ2) is 7.50. The molecule has 3 aliphatic rings. The van der Waals surface area contributed by atoms with Crippen molar-refractivity contribution in [3.63, 3.8) is 0 Å². The summed E-state index contributed by atoms with van der Waals surface area (Å²) in [7, 11) is 1.90. The Kier molecular flexibility index (Phi) is 4.81. The number of carbonyl (C=O) groups excluding carboxylic acids is 3. The Morgan fingerprint density at radius 2 is 1.90 bits per heavy atom. The largest absolute Gasteiger partial charge is 0.342 e. The lowest BCUT2D eigenvalue weighted by Gasteiger charge is -2.37. The molecule has 2 aromatic rings. The molecule has 0 radical (unpaired) electrons. The van der Waals surface area contributed by atoms with Gasteiger partial charge in [0.2, 0.25) is 17.7 Å². The van der Waals surface area contributed by atoms with Gasteiger partial charge >= 0.3 is 0 Å². The molecule has 8 nitrogen and oxygen atoms in total. The summed E-state index contributed by atoms with van der Waals surface area (Å²) >= 11 is 0. The second-order valence-corrected chi connectivity index (χ2v) is 8.74. The molecule has 5 rings (SSSR count). The summed E-state index contributed by atoms with van der Waals surface area (Å²) in [4.78, 5) is 38.3. The maximum absolute atomic E-state index is 12.5. The van der Waals surface area contributed by atoms with Gasteiger partial charge < -0.3 is 10.2 Å². The summed E-state index contributed by atoms with van der Waals surface area (Å²) in [6.45, 7) is 3.24. The Hall–Kier alpha value is -2.74. The van der Waals surface area contributed by atoms with Gasteiger partial charge in [0.15, 0.2) is 0 Å². The minimum Gasteiger partial charge on any atom is -0.342 e. The van der Waals surface area contributed by atoms with E-state index in [1.54, 1.807) is 0 Å². The van der Waals surface area contributed by atoms with E-state index in [-0.39, 0.29) is 23.7 Å². The number of nitrogens with one attached hydrogen (secondary N) is 2. The van der Waals surface area contributed by atoms with Crippen LogP contribution in [0.4, 0.5) is 0 Å². The molecule has 0 spiro atoms. The minimum absolute atomic E-state index is 0.165. The molecule has 1 aromatic carbocycles. The molecular formula is C22H27N5O3. The van der Waals surface area contributed by atoms with Gasteiger partial charge in [0, 0.05) is 45.0 Å². The number of amides is 3. The highest BCUT2D eigenvalue weighted by atomic mass is 16.2. The van der Waals surface area contributed by atoms with Crippen molar-refractivity contribution in [1.29, 1.82) is 0 Å². The van der Waals surface area contributed by atoms with Crippen LogP contribution in [0, 0.1) is 5.92 Å². The Morgan fingerprint density at radius 1 is 1.13 bits per heavy atom. The van der Waals surface area contributed by atoms with Gasteiger partial charge in [0.05, 0.1) is 23.0 Å². The van der Waals surface area contributed by atoms with Crippen LogP contribution in [0.5, 0.6) is 0 Å². The monoisotopic (exact) mass is 409 g/mol. The van der Waals surface area contributed by atoms with Crippen molar-refractivity contribution in [3.05, 3.63) is 29.5 Å². The number of nitrogens with zero attached hydrogens (tertiary/aromatic N) is 3. The van der Waals surface area contributed by atoms with Crippen molar-refractivity contribution >= 4 is 28.6 Å². The summed E-state index contributed by atoms with van der Waals surface area (Å²) in [6, 6.07) is 6.38. The van der Waals surface area contributed by atoms with Crippen LogP contribution >= 0.6 is 0 Å². The maximum Gasteiger partial charge on any atom is 0.235 e. The molecule has 0 saturated carbocycles. The van der Waals surface area contributed by atoms with Gasteiger partial charge in [-0.15, -0.1) is 0 Å². The van der Waals surface area contributed by atoms with Gasteiger partial charge in [-0.2, -0.15) is 5.10 Å². The number of fused-ring (bicyclic) bond motifs is 1. The third-order valence-corrected chi connectivity index (χ3v) is 6.88. The molecule has 3 amide bonds. The average molecular weight is 409 g/mol. The number of piperidine rings is 2. The summed E-state index contributed by atoms with van der Waals surface area (Å²) in [5.74, 6) is 0.0341. The van der Waals surface area contributed by atoms with Gasteiger partial charge in [0.25, 0.3) is 0 Å². The molecule has 158 valence electrons. The van der Waals surface area contributed by atoms with Crippen LogP contribution in [0.15, 0.2) is 18.2 Å². The van der Waals surface area contributed by atoms with E-state index in [9.17, 15) is 14.4 Å². The topological polar surface area (TPSA) is 96.3 Å². The number of aryl methyl sites for hydroxylation is 1. The van der Waals surface area contributed by atoms with Crippen LogP contribution in [0.25, 0.3) is 10.9 Å². The zero-order valence-electron chi connectivity index (χ0n) is 17.2. The van der Waals surface area contributed by atoms with E-state index < -0.39 is 0 Å². The van der Waals surface area contributed by atoms with Crippen LogP contribution in [0.2, 0.25) is 0 Å². The first-order valence-electron chi connectivity index (χ1n) is 10.8. The van der Waals surface area contributed by atoms with Crippen molar-refractivity contribution in [3.8, 4) is 0 Å². The molecule has 1 unspecified atom stereocenters. The van der Waals surface area contributed by atoms with E-state index in [4.69, 9.17) is 0 Å². The number of aromatic nitrogens is 2. The smallest absolute Gasteiger partial charge is 0.235 e. The first-order chi connectivity index (χ1) is 14.5. The quantitative estimate of drug-likeness (QED) is 0.738. The molecule has 1 aromatic heterocycles. The number of hydrogen-bond acceptors (Lipinski definition) is 5. The van der Waals surface area contributed by atoms with Gasteiger partial charge in [-0.3, -0.25) is 24.4 Å². The van der Waals surface area contributed by atoms with E-state index in [1.807, 2.05) is 16.6 Å².